The van der Waals surface area contributed by atoms with Gasteiger partial charge in [-0.15, -0.1) is 0 Å². The molecular formula is C14H23N5O. The third-order valence-corrected chi connectivity index (χ3v) is 2.50. The van der Waals surface area contributed by atoms with Crippen molar-refractivity contribution in [2.75, 3.05) is 26.2 Å². The zero-order valence-corrected chi connectivity index (χ0v) is 12.1. The van der Waals surface area contributed by atoms with Crippen LogP contribution in [0.2, 0.25) is 0 Å². The van der Waals surface area contributed by atoms with Crippen molar-refractivity contribution in [1.29, 1.82) is 0 Å². The molecule has 0 saturated heterocycles. The second kappa shape index (κ2) is 9.77. The number of amides is 1. The number of hydrogen-bond acceptors (Lipinski definition) is 3. The van der Waals surface area contributed by atoms with Crippen LogP contribution in [0.4, 0.5) is 0 Å². The molecule has 1 heterocycles. The van der Waals surface area contributed by atoms with Gasteiger partial charge < -0.3 is 16.0 Å². The maximum Gasteiger partial charge on any atom is 0.216 e. The van der Waals surface area contributed by atoms with E-state index in [9.17, 15) is 4.79 Å². The van der Waals surface area contributed by atoms with Crippen molar-refractivity contribution in [2.24, 2.45) is 4.99 Å². The van der Waals surface area contributed by atoms with Gasteiger partial charge >= 0.3 is 0 Å². The highest BCUT2D eigenvalue weighted by Gasteiger charge is 1.97. The fourth-order valence-corrected chi connectivity index (χ4v) is 1.59. The van der Waals surface area contributed by atoms with E-state index in [1.54, 1.807) is 6.20 Å². The second-order valence-electron chi connectivity index (χ2n) is 4.24. The van der Waals surface area contributed by atoms with Gasteiger partial charge in [-0.05, 0) is 19.1 Å². The van der Waals surface area contributed by atoms with Crippen molar-refractivity contribution >= 4 is 11.9 Å². The molecule has 0 unspecified atom stereocenters. The normalized spacial score (nSPS) is 11.0. The predicted octanol–water partition coefficient (Wildman–Crippen LogP) is 0.315. The number of pyridine rings is 1. The molecule has 0 saturated carbocycles. The molecule has 0 bridgehead atoms. The van der Waals surface area contributed by atoms with E-state index < -0.39 is 0 Å². The van der Waals surface area contributed by atoms with Gasteiger partial charge in [0.05, 0.1) is 0 Å². The van der Waals surface area contributed by atoms with Gasteiger partial charge in [0, 0.05) is 51.4 Å². The van der Waals surface area contributed by atoms with Crippen LogP contribution in [-0.4, -0.2) is 43.0 Å². The van der Waals surface area contributed by atoms with E-state index in [2.05, 4.69) is 25.9 Å². The van der Waals surface area contributed by atoms with Crippen LogP contribution in [-0.2, 0) is 11.2 Å². The Balaban J connectivity index is 2.32. The monoisotopic (exact) mass is 277 g/mol. The molecule has 0 aromatic carbocycles. The van der Waals surface area contributed by atoms with Gasteiger partial charge in [0.15, 0.2) is 5.96 Å². The molecule has 20 heavy (non-hydrogen) atoms. The summed E-state index contributed by atoms with van der Waals surface area (Å²) < 4.78 is 0. The number of guanidine groups is 1. The van der Waals surface area contributed by atoms with E-state index in [-0.39, 0.29) is 5.91 Å². The number of nitrogens with one attached hydrogen (secondary N) is 3. The van der Waals surface area contributed by atoms with Crippen molar-refractivity contribution in [2.45, 2.75) is 20.3 Å². The number of aliphatic imine (C=N–C) groups is 1. The summed E-state index contributed by atoms with van der Waals surface area (Å²) >= 11 is 0. The number of aromatic nitrogens is 1. The van der Waals surface area contributed by atoms with Crippen LogP contribution in [0.3, 0.4) is 0 Å². The molecule has 1 amide bonds. The molecule has 0 aliphatic heterocycles. The molecule has 1 aromatic heterocycles. The maximum absolute atomic E-state index is 10.8. The van der Waals surface area contributed by atoms with Gasteiger partial charge in [-0.2, -0.15) is 0 Å². The van der Waals surface area contributed by atoms with E-state index in [0.29, 0.717) is 19.6 Å². The minimum absolute atomic E-state index is 0.0242. The van der Waals surface area contributed by atoms with Crippen molar-refractivity contribution in [1.82, 2.24) is 20.9 Å². The highest BCUT2D eigenvalue weighted by Crippen LogP contribution is 1.94. The third kappa shape index (κ3) is 7.35. The van der Waals surface area contributed by atoms with Crippen LogP contribution in [0.1, 0.15) is 19.5 Å². The van der Waals surface area contributed by atoms with E-state index in [1.165, 1.54) is 6.92 Å². The molecule has 0 aliphatic carbocycles. The maximum atomic E-state index is 10.8. The standard InChI is InChI=1S/C14H23N5O/c1-3-15-14(19-11-10-16-12(2)20)18-9-7-13-6-4-5-8-17-13/h4-6,8H,3,7,9-11H2,1-2H3,(H,16,20)(H2,15,18,19). The van der Waals surface area contributed by atoms with Gasteiger partial charge in [-0.1, -0.05) is 6.07 Å². The van der Waals surface area contributed by atoms with Crippen LogP contribution < -0.4 is 16.0 Å². The molecule has 1 rings (SSSR count). The Morgan fingerprint density at radius 3 is 2.70 bits per heavy atom. The molecule has 110 valence electrons. The average Bonchev–Trinajstić information content (AvgIpc) is 2.44. The third-order valence-electron chi connectivity index (χ3n) is 2.50. The first-order chi connectivity index (χ1) is 9.72. The van der Waals surface area contributed by atoms with Crippen molar-refractivity contribution in [3.05, 3.63) is 30.1 Å². The Bertz CT molecular complexity index is 419. The summed E-state index contributed by atoms with van der Waals surface area (Å²) in [7, 11) is 0. The molecule has 0 spiro atoms. The van der Waals surface area contributed by atoms with E-state index in [1.807, 2.05) is 25.1 Å². The number of carbonyl (C=O) groups excluding carboxylic acids is 1. The van der Waals surface area contributed by atoms with Crippen molar-refractivity contribution in [3.8, 4) is 0 Å². The van der Waals surface area contributed by atoms with Crippen molar-refractivity contribution in [3.63, 3.8) is 0 Å². The van der Waals surface area contributed by atoms with Crippen LogP contribution >= 0.6 is 0 Å². The average molecular weight is 277 g/mol. The lowest BCUT2D eigenvalue weighted by atomic mass is 10.3. The molecule has 1 aromatic rings. The number of hydrogen-bond donors (Lipinski definition) is 3. The van der Waals surface area contributed by atoms with Gasteiger partial charge in [-0.3, -0.25) is 14.8 Å². The molecule has 0 aliphatic rings. The Labute approximate surface area is 120 Å². The summed E-state index contributed by atoms with van der Waals surface area (Å²) in [5, 5.41) is 9.06. The summed E-state index contributed by atoms with van der Waals surface area (Å²) in [5.74, 6) is 0.734. The molecule has 0 radical (unpaired) electrons. The van der Waals surface area contributed by atoms with Gasteiger partial charge in [0.2, 0.25) is 5.91 Å². The lowest BCUT2D eigenvalue weighted by Gasteiger charge is -2.11. The summed E-state index contributed by atoms with van der Waals surface area (Å²) in [4.78, 5) is 19.5. The van der Waals surface area contributed by atoms with Crippen LogP contribution in [0.25, 0.3) is 0 Å². The number of carbonyl (C=O) groups is 1. The Hall–Kier alpha value is -2.11. The Morgan fingerprint density at radius 2 is 2.05 bits per heavy atom. The summed E-state index contributed by atoms with van der Waals surface area (Å²) in [6.07, 6.45) is 2.60. The van der Waals surface area contributed by atoms with Gasteiger partial charge in [-0.25, -0.2) is 0 Å². The molecular weight excluding hydrogens is 254 g/mol. The van der Waals surface area contributed by atoms with Crippen molar-refractivity contribution < 1.29 is 4.79 Å². The first kappa shape index (κ1) is 15.9. The van der Waals surface area contributed by atoms with Crippen LogP contribution in [0.15, 0.2) is 29.4 Å². The smallest absolute Gasteiger partial charge is 0.216 e. The minimum Gasteiger partial charge on any atom is -0.357 e. The molecule has 0 fully saturated rings. The molecule has 0 atom stereocenters. The van der Waals surface area contributed by atoms with E-state index in [0.717, 1.165) is 24.6 Å². The zero-order valence-electron chi connectivity index (χ0n) is 12.1. The highest BCUT2D eigenvalue weighted by molar-refractivity contribution is 5.79. The minimum atomic E-state index is -0.0242. The van der Waals surface area contributed by atoms with E-state index in [4.69, 9.17) is 0 Å². The topological polar surface area (TPSA) is 78.4 Å². The molecule has 6 heteroatoms. The summed E-state index contributed by atoms with van der Waals surface area (Å²) in [6, 6.07) is 5.87. The quantitative estimate of drug-likeness (QED) is 0.381. The molecule has 6 nitrogen and oxygen atoms in total. The Kier molecular flexibility index (Phi) is 7.79. The fraction of sp³-hybridized carbons (Fsp3) is 0.500. The van der Waals surface area contributed by atoms with Gasteiger partial charge in [0.1, 0.15) is 0 Å². The molecule has 3 N–H and O–H groups in total. The number of nitrogens with zero attached hydrogens (tertiary/aromatic N) is 2. The second-order valence-corrected chi connectivity index (χ2v) is 4.24. The summed E-state index contributed by atoms with van der Waals surface area (Å²) in [5.41, 5.74) is 1.03. The lowest BCUT2D eigenvalue weighted by Crippen LogP contribution is -2.41. The lowest BCUT2D eigenvalue weighted by molar-refractivity contribution is -0.118. The van der Waals surface area contributed by atoms with E-state index >= 15 is 0 Å². The summed E-state index contributed by atoms with van der Waals surface area (Å²) in [6.45, 7) is 6.23. The predicted molar refractivity (Wildman–Crippen MR) is 80.6 cm³/mol. The van der Waals surface area contributed by atoms with Crippen LogP contribution in [0, 0.1) is 0 Å². The number of rotatable bonds is 7. The zero-order chi connectivity index (χ0) is 14.6. The highest BCUT2D eigenvalue weighted by atomic mass is 16.1. The first-order valence-corrected chi connectivity index (χ1v) is 6.89. The first-order valence-electron chi connectivity index (χ1n) is 6.89. The largest absolute Gasteiger partial charge is 0.357 e. The van der Waals surface area contributed by atoms with Gasteiger partial charge in [0.25, 0.3) is 0 Å². The van der Waals surface area contributed by atoms with Crippen LogP contribution in [0.5, 0.6) is 0 Å². The Morgan fingerprint density at radius 1 is 1.25 bits per heavy atom. The SMILES string of the molecule is CCNC(=NCCc1ccccn1)NCCNC(C)=O. The fourth-order valence-electron chi connectivity index (χ4n) is 1.59.